The average Bonchev–Trinajstić information content (AvgIpc) is 3.39. The van der Waals surface area contributed by atoms with Crippen LogP contribution in [0.25, 0.3) is 0 Å². The minimum absolute atomic E-state index is 0. The van der Waals surface area contributed by atoms with Crippen molar-refractivity contribution < 1.29 is 51.0 Å². The van der Waals surface area contributed by atoms with Crippen molar-refractivity contribution >= 4 is 9.52 Å². The Hall–Kier alpha value is 0.380. The van der Waals surface area contributed by atoms with Crippen LogP contribution in [0.4, 0.5) is 0 Å². The van der Waals surface area contributed by atoms with E-state index < -0.39 is 0 Å². The number of halogens is 2. The van der Waals surface area contributed by atoms with Gasteiger partial charge in [-0.15, -0.1) is 0 Å². The van der Waals surface area contributed by atoms with Gasteiger partial charge < -0.3 is 24.8 Å². The van der Waals surface area contributed by atoms with Gasteiger partial charge in [0.1, 0.15) is 0 Å². The first-order valence-electron chi connectivity index (χ1n) is 13.2. The third kappa shape index (κ3) is 14.8. The van der Waals surface area contributed by atoms with E-state index in [0.717, 1.165) is 9.52 Å². The minimum atomic E-state index is 0. The predicted octanol–water partition coefficient (Wildman–Crippen LogP) is 3.61. The molecule has 2 aromatic rings. The van der Waals surface area contributed by atoms with Gasteiger partial charge >= 0.3 is 26.2 Å². The molecule has 2 saturated carbocycles. The third-order valence-electron chi connectivity index (χ3n) is 7.04. The Morgan fingerprint density at radius 1 is 0.647 bits per heavy atom. The summed E-state index contributed by atoms with van der Waals surface area (Å²) in [6.45, 7) is 13.1. The SMILES string of the molecule is C1CCC([SiH]C2CCCCC2)CC1.Cc1c[cH-]c(C(C)C)c1.Cc1c[cH-]c(C(C)C)c1.[Cl-].[Cl-].[Zr+4]. The molecule has 0 saturated heterocycles. The molecule has 4 rings (SSSR count). The Balaban J connectivity index is 0. The summed E-state index contributed by atoms with van der Waals surface area (Å²) < 4.78 is 0. The molecule has 34 heavy (non-hydrogen) atoms. The molecule has 2 aliphatic rings. The van der Waals surface area contributed by atoms with E-state index in [-0.39, 0.29) is 51.0 Å². The van der Waals surface area contributed by atoms with E-state index in [9.17, 15) is 0 Å². The quantitative estimate of drug-likeness (QED) is 0.372. The fraction of sp³-hybridized carbons (Fsp3) is 0.667. The summed E-state index contributed by atoms with van der Waals surface area (Å²) in [5.74, 6) is 1.36. The topological polar surface area (TPSA) is 0 Å². The van der Waals surface area contributed by atoms with Crippen LogP contribution in [0.1, 0.15) is 126 Å². The predicted molar refractivity (Wildman–Crippen MR) is 143 cm³/mol. The average molecular weight is 600 g/mol. The Morgan fingerprint density at radius 3 is 1.18 bits per heavy atom. The zero-order valence-corrected chi connectivity index (χ0v) is 27.8. The number of aryl methyl sites for hydroxylation is 2. The van der Waals surface area contributed by atoms with Crippen LogP contribution in [-0.4, -0.2) is 9.52 Å². The van der Waals surface area contributed by atoms with Crippen molar-refractivity contribution in [1.29, 1.82) is 0 Å². The van der Waals surface area contributed by atoms with Crippen molar-refractivity contribution in [3.05, 3.63) is 58.7 Å². The van der Waals surface area contributed by atoms with Gasteiger partial charge in [0.05, 0.1) is 0 Å². The van der Waals surface area contributed by atoms with Gasteiger partial charge in [-0.2, -0.15) is 35.4 Å². The van der Waals surface area contributed by atoms with Crippen molar-refractivity contribution in [3.8, 4) is 0 Å². The van der Waals surface area contributed by atoms with Gasteiger partial charge in [0.25, 0.3) is 0 Å². The molecular weight excluding hydrogens is 551 g/mol. The molecule has 1 radical (unpaired) electrons. The summed E-state index contributed by atoms with van der Waals surface area (Å²) in [4.78, 5) is 0. The molecular formula is C30H49Cl2SiZr. The van der Waals surface area contributed by atoms with Gasteiger partial charge in [0, 0.05) is 9.52 Å². The summed E-state index contributed by atoms with van der Waals surface area (Å²) >= 11 is 0. The van der Waals surface area contributed by atoms with Crippen LogP contribution in [0.3, 0.4) is 0 Å². The maximum absolute atomic E-state index is 2.24. The van der Waals surface area contributed by atoms with Gasteiger partial charge in [-0.1, -0.05) is 106 Å². The van der Waals surface area contributed by atoms with Gasteiger partial charge in [-0.05, 0) is 22.9 Å². The molecule has 4 heteroatoms. The molecule has 0 heterocycles. The Bertz CT molecular complexity index is 647. The van der Waals surface area contributed by atoms with Crippen LogP contribution >= 0.6 is 0 Å². The first-order valence-corrected chi connectivity index (χ1v) is 14.5. The van der Waals surface area contributed by atoms with Gasteiger partial charge in [0.2, 0.25) is 0 Å². The van der Waals surface area contributed by atoms with Crippen molar-refractivity contribution in [3.63, 3.8) is 0 Å². The Kier molecular flexibility index (Phi) is 22.0. The molecule has 0 unspecified atom stereocenters. The van der Waals surface area contributed by atoms with E-state index in [4.69, 9.17) is 0 Å². The Morgan fingerprint density at radius 2 is 0.971 bits per heavy atom. The second-order valence-electron chi connectivity index (χ2n) is 10.7. The molecule has 2 aromatic carbocycles. The molecule has 0 N–H and O–H groups in total. The zero-order chi connectivity index (χ0) is 22.6. The van der Waals surface area contributed by atoms with Crippen molar-refractivity contribution in [2.24, 2.45) is 0 Å². The maximum Gasteiger partial charge on any atom is 4.00 e. The van der Waals surface area contributed by atoms with Crippen molar-refractivity contribution in [2.75, 3.05) is 0 Å². The molecule has 0 aromatic heterocycles. The maximum atomic E-state index is 2.24. The second kappa shape index (κ2) is 20.4. The summed E-state index contributed by atoms with van der Waals surface area (Å²) in [6.07, 6.45) is 15.6. The van der Waals surface area contributed by atoms with Crippen LogP contribution in [0.5, 0.6) is 0 Å². The van der Waals surface area contributed by atoms with E-state index in [1.807, 2.05) is 0 Å². The molecule has 0 nitrogen and oxygen atoms in total. The first-order chi connectivity index (χ1) is 14.8. The summed E-state index contributed by atoms with van der Waals surface area (Å²) in [6, 6.07) is 13.2. The Labute approximate surface area is 246 Å². The molecule has 0 amide bonds. The van der Waals surface area contributed by atoms with E-state index in [0.29, 0.717) is 11.8 Å². The largest absolute Gasteiger partial charge is 4.00 e. The van der Waals surface area contributed by atoms with Crippen molar-refractivity contribution in [2.45, 2.75) is 129 Å². The fourth-order valence-electron chi connectivity index (χ4n) is 4.93. The summed E-state index contributed by atoms with van der Waals surface area (Å²) in [7, 11) is 0.825. The van der Waals surface area contributed by atoms with Crippen LogP contribution in [0.15, 0.2) is 36.4 Å². The van der Waals surface area contributed by atoms with E-state index in [2.05, 4.69) is 77.9 Å². The van der Waals surface area contributed by atoms with Gasteiger partial charge in [0.15, 0.2) is 0 Å². The molecule has 191 valence electrons. The second-order valence-corrected chi connectivity index (χ2v) is 13.0. The van der Waals surface area contributed by atoms with Crippen LogP contribution in [-0.2, 0) is 26.2 Å². The zero-order valence-electron chi connectivity index (χ0n) is 22.7. The molecule has 2 aliphatic carbocycles. The van der Waals surface area contributed by atoms with Crippen LogP contribution in [0.2, 0.25) is 11.1 Å². The van der Waals surface area contributed by atoms with Crippen LogP contribution in [0, 0.1) is 13.8 Å². The minimum Gasteiger partial charge on any atom is -1.00 e. The molecule has 0 atom stereocenters. The van der Waals surface area contributed by atoms with Gasteiger partial charge in [-0.3, -0.25) is 0 Å². The molecule has 0 bridgehead atoms. The normalized spacial score (nSPS) is 16.2. The van der Waals surface area contributed by atoms with Crippen molar-refractivity contribution in [1.82, 2.24) is 0 Å². The van der Waals surface area contributed by atoms with Gasteiger partial charge in [-0.25, -0.2) is 23.3 Å². The van der Waals surface area contributed by atoms with E-state index in [1.54, 1.807) is 51.4 Å². The smallest absolute Gasteiger partial charge is 1.00 e. The number of hydrogen-bond acceptors (Lipinski definition) is 0. The standard InChI is InChI=1S/C12H23Si.2C9H13.2ClH.Zr/c1-3-7-11(8-4-1)13-12-9-5-2-6-10-12;2*1-7(2)9-5-4-8(3)6-9;;;/h11-13H,1-10H2;2*4-7H,1-3H3;2*1H;/q;2*-1;;;+4/p-2. The van der Waals surface area contributed by atoms with E-state index >= 15 is 0 Å². The fourth-order valence-corrected chi connectivity index (χ4v) is 7.41. The summed E-state index contributed by atoms with van der Waals surface area (Å²) in [5.41, 5.74) is 8.06. The monoisotopic (exact) mass is 597 g/mol. The van der Waals surface area contributed by atoms with Crippen LogP contribution < -0.4 is 24.8 Å². The third-order valence-corrected chi connectivity index (χ3v) is 9.47. The molecule has 0 aliphatic heterocycles. The first kappa shape index (κ1) is 36.5. The summed E-state index contributed by atoms with van der Waals surface area (Å²) in [5, 5.41) is 0. The van der Waals surface area contributed by atoms with E-state index in [1.165, 1.54) is 46.2 Å². The number of hydrogen-bond donors (Lipinski definition) is 0. The molecule has 0 spiro atoms. The number of rotatable bonds is 4. The molecule has 2 fully saturated rings.